The minimum absolute atomic E-state index is 0.115. The second kappa shape index (κ2) is 7.76. The summed E-state index contributed by atoms with van der Waals surface area (Å²) < 4.78 is 20.7. The van der Waals surface area contributed by atoms with E-state index in [4.69, 9.17) is 4.74 Å². The van der Waals surface area contributed by atoms with Crippen LogP contribution in [-0.2, 0) is 16.1 Å². The number of rotatable bonds is 6. The number of ether oxygens (including phenoxy) is 1. The van der Waals surface area contributed by atoms with Gasteiger partial charge in [0.05, 0.1) is 24.5 Å². The van der Waals surface area contributed by atoms with Crippen molar-refractivity contribution >= 4 is 11.6 Å². The van der Waals surface area contributed by atoms with Crippen LogP contribution in [0.2, 0.25) is 0 Å². The zero-order valence-corrected chi connectivity index (χ0v) is 14.5. The second-order valence-corrected chi connectivity index (χ2v) is 6.45. The van der Waals surface area contributed by atoms with Crippen molar-refractivity contribution in [1.82, 2.24) is 14.7 Å². The Morgan fingerprint density at radius 1 is 1.48 bits per heavy atom. The van der Waals surface area contributed by atoms with Crippen molar-refractivity contribution in [3.05, 3.63) is 48.0 Å². The number of anilines is 1. The van der Waals surface area contributed by atoms with Gasteiger partial charge in [-0.2, -0.15) is 5.10 Å². The van der Waals surface area contributed by atoms with E-state index in [2.05, 4.69) is 15.3 Å². The Morgan fingerprint density at radius 2 is 2.32 bits per heavy atom. The van der Waals surface area contributed by atoms with Gasteiger partial charge < -0.3 is 10.1 Å². The third-order valence-corrected chi connectivity index (χ3v) is 4.44. The van der Waals surface area contributed by atoms with Crippen LogP contribution < -0.4 is 5.32 Å². The number of amides is 1. The lowest BCUT2D eigenvalue weighted by Gasteiger charge is -2.23. The van der Waals surface area contributed by atoms with E-state index in [1.54, 1.807) is 25.4 Å². The van der Waals surface area contributed by atoms with Gasteiger partial charge >= 0.3 is 0 Å². The van der Waals surface area contributed by atoms with Gasteiger partial charge in [-0.05, 0) is 24.1 Å². The number of halogens is 1. The van der Waals surface area contributed by atoms with Crippen molar-refractivity contribution in [2.24, 2.45) is 0 Å². The van der Waals surface area contributed by atoms with Gasteiger partial charge in [0.2, 0.25) is 5.91 Å². The van der Waals surface area contributed by atoms with Crippen molar-refractivity contribution in [1.29, 1.82) is 0 Å². The number of likely N-dealkylation sites (tertiary alicyclic amines) is 1. The highest BCUT2D eigenvalue weighted by Gasteiger charge is 2.33. The first-order valence-electron chi connectivity index (χ1n) is 8.34. The number of benzene rings is 1. The average molecular weight is 346 g/mol. The van der Waals surface area contributed by atoms with Crippen LogP contribution >= 0.6 is 0 Å². The van der Waals surface area contributed by atoms with Crippen LogP contribution in [0.15, 0.2) is 36.7 Å². The fourth-order valence-electron chi connectivity index (χ4n) is 3.38. The lowest BCUT2D eigenvalue weighted by Crippen LogP contribution is -2.32. The van der Waals surface area contributed by atoms with Crippen molar-refractivity contribution in [3.8, 4) is 0 Å². The molecule has 1 amide bonds. The fraction of sp³-hybridized carbons (Fsp3) is 0.444. The maximum absolute atomic E-state index is 13.4. The van der Waals surface area contributed by atoms with E-state index in [9.17, 15) is 9.18 Å². The summed E-state index contributed by atoms with van der Waals surface area (Å²) in [6.07, 6.45) is 4.40. The normalized spacial score (nSPS) is 20.8. The molecule has 0 spiro atoms. The molecule has 1 aromatic heterocycles. The van der Waals surface area contributed by atoms with Crippen molar-refractivity contribution in [3.63, 3.8) is 0 Å². The molecule has 0 bridgehead atoms. The first-order chi connectivity index (χ1) is 12.0. The summed E-state index contributed by atoms with van der Waals surface area (Å²) >= 11 is 0. The Labute approximate surface area is 146 Å². The molecular weight excluding hydrogens is 323 g/mol. The summed E-state index contributed by atoms with van der Waals surface area (Å²) in [5, 5.41) is 7.12. The van der Waals surface area contributed by atoms with Gasteiger partial charge in [0.25, 0.3) is 0 Å². The standard InChI is InChI=1S/C18H23FN4O2/c1-13(24)21-16-8-20-23(10-16)17-7-18(12-25-2)22(11-17)9-14-4-3-5-15(19)6-14/h3-6,8,10,17-18H,7,9,11-12H2,1-2H3,(H,21,24)/t17-,18-/m0/s1. The molecule has 7 heteroatoms. The molecule has 134 valence electrons. The lowest BCUT2D eigenvalue weighted by atomic mass is 10.1. The average Bonchev–Trinajstić information content (AvgIpc) is 3.15. The molecule has 2 heterocycles. The monoisotopic (exact) mass is 346 g/mol. The van der Waals surface area contributed by atoms with Crippen LogP contribution in [0.3, 0.4) is 0 Å². The number of nitrogens with one attached hydrogen (secondary N) is 1. The van der Waals surface area contributed by atoms with Crippen LogP contribution in [0.1, 0.15) is 24.9 Å². The van der Waals surface area contributed by atoms with Gasteiger partial charge in [-0.1, -0.05) is 12.1 Å². The van der Waals surface area contributed by atoms with Crippen molar-refractivity contribution in [2.75, 3.05) is 25.6 Å². The van der Waals surface area contributed by atoms with Gasteiger partial charge in [0, 0.05) is 39.4 Å². The molecule has 6 nitrogen and oxygen atoms in total. The Kier molecular flexibility index (Phi) is 5.45. The van der Waals surface area contributed by atoms with E-state index in [0.717, 1.165) is 18.5 Å². The van der Waals surface area contributed by atoms with Crippen molar-refractivity contribution in [2.45, 2.75) is 32.0 Å². The van der Waals surface area contributed by atoms with E-state index in [1.165, 1.54) is 13.0 Å². The maximum atomic E-state index is 13.4. The Hall–Kier alpha value is -2.25. The number of hydrogen-bond donors (Lipinski definition) is 1. The van der Waals surface area contributed by atoms with E-state index >= 15 is 0 Å². The molecule has 0 saturated carbocycles. The van der Waals surface area contributed by atoms with Gasteiger partial charge in [0.1, 0.15) is 5.82 Å². The highest BCUT2D eigenvalue weighted by molar-refractivity contribution is 5.88. The minimum Gasteiger partial charge on any atom is -0.383 e. The van der Waals surface area contributed by atoms with E-state index in [-0.39, 0.29) is 23.8 Å². The molecule has 1 fully saturated rings. The zero-order valence-electron chi connectivity index (χ0n) is 14.5. The molecule has 25 heavy (non-hydrogen) atoms. The van der Waals surface area contributed by atoms with E-state index in [0.29, 0.717) is 18.8 Å². The number of nitrogens with zero attached hydrogens (tertiary/aromatic N) is 3. The highest BCUT2D eigenvalue weighted by Crippen LogP contribution is 2.29. The van der Waals surface area contributed by atoms with Crippen LogP contribution in [0, 0.1) is 5.82 Å². The first-order valence-corrected chi connectivity index (χ1v) is 8.34. The number of carbonyl (C=O) groups is 1. The Balaban J connectivity index is 1.71. The largest absolute Gasteiger partial charge is 0.383 e. The van der Waals surface area contributed by atoms with Crippen LogP contribution in [0.5, 0.6) is 0 Å². The van der Waals surface area contributed by atoms with E-state index < -0.39 is 0 Å². The first kappa shape index (κ1) is 17.6. The van der Waals surface area contributed by atoms with Crippen LogP contribution in [0.25, 0.3) is 0 Å². The molecule has 0 unspecified atom stereocenters. The lowest BCUT2D eigenvalue weighted by molar-refractivity contribution is -0.114. The maximum Gasteiger partial charge on any atom is 0.221 e. The van der Waals surface area contributed by atoms with Gasteiger partial charge in [-0.25, -0.2) is 4.39 Å². The van der Waals surface area contributed by atoms with Crippen LogP contribution in [-0.4, -0.2) is 46.9 Å². The molecule has 1 aliphatic rings. The molecule has 1 N–H and O–H groups in total. The summed E-state index contributed by atoms with van der Waals surface area (Å²) in [6.45, 7) is 3.56. The Bertz CT molecular complexity index is 733. The summed E-state index contributed by atoms with van der Waals surface area (Å²) in [6, 6.07) is 7.12. The summed E-state index contributed by atoms with van der Waals surface area (Å²) in [4.78, 5) is 13.5. The molecule has 1 aliphatic heterocycles. The number of aromatic nitrogens is 2. The second-order valence-electron chi connectivity index (χ2n) is 6.45. The third kappa shape index (κ3) is 4.43. The van der Waals surface area contributed by atoms with E-state index in [1.807, 2.05) is 16.9 Å². The van der Waals surface area contributed by atoms with Crippen molar-refractivity contribution < 1.29 is 13.9 Å². The van der Waals surface area contributed by atoms with Gasteiger partial charge in [-0.15, -0.1) is 0 Å². The zero-order chi connectivity index (χ0) is 17.8. The predicted molar refractivity (Wildman–Crippen MR) is 92.7 cm³/mol. The molecule has 2 aromatic rings. The summed E-state index contributed by atoms with van der Waals surface area (Å²) in [5.41, 5.74) is 1.64. The fourth-order valence-corrected chi connectivity index (χ4v) is 3.38. The van der Waals surface area contributed by atoms with Gasteiger partial charge in [0.15, 0.2) is 0 Å². The summed E-state index contributed by atoms with van der Waals surface area (Å²) in [5.74, 6) is -0.334. The number of hydrogen-bond acceptors (Lipinski definition) is 4. The molecule has 1 saturated heterocycles. The topological polar surface area (TPSA) is 59.4 Å². The smallest absolute Gasteiger partial charge is 0.221 e. The predicted octanol–water partition coefficient (Wildman–Crippen LogP) is 2.44. The SMILES string of the molecule is COC[C@@H]1C[C@H](n2cc(NC(C)=O)cn2)CN1Cc1cccc(F)c1. The molecule has 0 aliphatic carbocycles. The quantitative estimate of drug-likeness (QED) is 0.873. The molecule has 0 radical (unpaired) electrons. The highest BCUT2D eigenvalue weighted by atomic mass is 19.1. The van der Waals surface area contributed by atoms with Crippen LogP contribution in [0.4, 0.5) is 10.1 Å². The molecule has 1 aromatic carbocycles. The third-order valence-electron chi connectivity index (χ3n) is 4.44. The number of methoxy groups -OCH3 is 1. The number of carbonyl (C=O) groups excluding carboxylic acids is 1. The molecular formula is C18H23FN4O2. The van der Waals surface area contributed by atoms with Gasteiger partial charge in [-0.3, -0.25) is 14.4 Å². The Morgan fingerprint density at radius 3 is 3.04 bits per heavy atom. The molecule has 2 atom stereocenters. The summed E-state index contributed by atoms with van der Waals surface area (Å²) in [7, 11) is 1.69. The minimum atomic E-state index is -0.219. The molecule has 3 rings (SSSR count).